The van der Waals surface area contributed by atoms with Crippen LogP contribution in [0, 0.1) is 0 Å². The van der Waals surface area contributed by atoms with Crippen LogP contribution >= 0.6 is 0 Å². The molecule has 1 heterocycles. The molecule has 1 fully saturated rings. The highest BCUT2D eigenvalue weighted by Crippen LogP contribution is 2.13. The third-order valence-corrected chi connectivity index (χ3v) is 3.69. The van der Waals surface area contributed by atoms with E-state index < -0.39 is 0 Å². The van der Waals surface area contributed by atoms with Crippen LogP contribution in [0.4, 0.5) is 0 Å². The highest BCUT2D eigenvalue weighted by Gasteiger charge is 2.16. The van der Waals surface area contributed by atoms with Crippen LogP contribution in [0.3, 0.4) is 0 Å². The largest absolute Gasteiger partial charge is 0.497 e. The third kappa shape index (κ3) is 6.28. The van der Waals surface area contributed by atoms with Gasteiger partial charge in [-0.3, -0.25) is 9.59 Å². The first-order valence-electron chi connectivity index (χ1n) is 7.84. The zero-order chi connectivity index (χ0) is 16.5. The van der Waals surface area contributed by atoms with Gasteiger partial charge in [0.2, 0.25) is 0 Å². The summed E-state index contributed by atoms with van der Waals surface area (Å²) in [6.45, 7) is 0.983. The number of amides is 1. The van der Waals surface area contributed by atoms with E-state index in [9.17, 15) is 9.59 Å². The summed E-state index contributed by atoms with van der Waals surface area (Å²) in [6, 6.07) is 7.50. The Balaban J connectivity index is 1.59. The number of esters is 1. The van der Waals surface area contributed by atoms with Crippen LogP contribution in [0.2, 0.25) is 0 Å². The van der Waals surface area contributed by atoms with Gasteiger partial charge in [-0.2, -0.15) is 0 Å². The van der Waals surface area contributed by atoms with Crippen LogP contribution < -0.4 is 10.1 Å². The summed E-state index contributed by atoms with van der Waals surface area (Å²) < 4.78 is 15.4. The Bertz CT molecular complexity index is 508. The van der Waals surface area contributed by atoms with Crippen molar-refractivity contribution in [3.05, 3.63) is 29.8 Å². The van der Waals surface area contributed by atoms with Crippen LogP contribution in [-0.4, -0.2) is 44.8 Å². The Morgan fingerprint density at radius 1 is 1.30 bits per heavy atom. The lowest BCUT2D eigenvalue weighted by atomic mass is 10.1. The van der Waals surface area contributed by atoms with Crippen LogP contribution in [0.15, 0.2) is 24.3 Å². The monoisotopic (exact) mass is 321 g/mol. The van der Waals surface area contributed by atoms with Gasteiger partial charge in [0.15, 0.2) is 6.61 Å². The smallest absolute Gasteiger partial charge is 0.306 e. The van der Waals surface area contributed by atoms with Gasteiger partial charge in [-0.15, -0.1) is 0 Å². The molecule has 6 nitrogen and oxygen atoms in total. The second-order valence-electron chi connectivity index (χ2n) is 5.45. The number of benzene rings is 1. The lowest BCUT2D eigenvalue weighted by molar-refractivity contribution is -0.148. The van der Waals surface area contributed by atoms with Gasteiger partial charge in [-0.05, 0) is 37.0 Å². The van der Waals surface area contributed by atoms with E-state index in [1.165, 1.54) is 0 Å². The van der Waals surface area contributed by atoms with Gasteiger partial charge >= 0.3 is 5.97 Å². The first kappa shape index (κ1) is 17.3. The SMILES string of the molecule is COc1ccc(CCC(=O)OCC(=O)NCC2CCCO2)cc1. The molecule has 1 aliphatic heterocycles. The van der Waals surface area contributed by atoms with E-state index in [0.29, 0.717) is 13.0 Å². The van der Waals surface area contributed by atoms with Crippen molar-refractivity contribution in [3.63, 3.8) is 0 Å². The Labute approximate surface area is 136 Å². The second-order valence-corrected chi connectivity index (χ2v) is 5.45. The van der Waals surface area contributed by atoms with Crippen molar-refractivity contribution in [1.82, 2.24) is 5.32 Å². The van der Waals surface area contributed by atoms with E-state index in [4.69, 9.17) is 14.2 Å². The van der Waals surface area contributed by atoms with Crippen molar-refractivity contribution in [2.75, 3.05) is 26.9 Å². The normalized spacial score (nSPS) is 16.8. The Morgan fingerprint density at radius 2 is 2.09 bits per heavy atom. The van der Waals surface area contributed by atoms with Crippen molar-refractivity contribution in [3.8, 4) is 5.75 Å². The molecule has 0 saturated carbocycles. The zero-order valence-corrected chi connectivity index (χ0v) is 13.4. The first-order chi connectivity index (χ1) is 11.2. The number of carbonyl (C=O) groups is 2. The van der Waals surface area contributed by atoms with E-state index >= 15 is 0 Å². The van der Waals surface area contributed by atoms with E-state index in [-0.39, 0.29) is 31.0 Å². The molecule has 2 rings (SSSR count). The van der Waals surface area contributed by atoms with Crippen molar-refractivity contribution < 1.29 is 23.8 Å². The molecule has 0 bridgehead atoms. The molecule has 6 heteroatoms. The summed E-state index contributed by atoms with van der Waals surface area (Å²) in [5, 5.41) is 2.71. The lowest BCUT2D eigenvalue weighted by Gasteiger charge is -2.11. The highest BCUT2D eigenvalue weighted by molar-refractivity contribution is 5.80. The quantitative estimate of drug-likeness (QED) is 0.734. The van der Waals surface area contributed by atoms with Crippen LogP contribution in [0.25, 0.3) is 0 Å². The fourth-order valence-electron chi connectivity index (χ4n) is 2.34. The number of methoxy groups -OCH3 is 1. The molecule has 0 aromatic heterocycles. The first-order valence-corrected chi connectivity index (χ1v) is 7.84. The predicted molar refractivity (Wildman–Crippen MR) is 84.3 cm³/mol. The molecular formula is C17H23NO5. The van der Waals surface area contributed by atoms with E-state index in [1.807, 2.05) is 24.3 Å². The summed E-state index contributed by atoms with van der Waals surface area (Å²) >= 11 is 0. The zero-order valence-electron chi connectivity index (χ0n) is 13.4. The second kappa shape index (κ2) is 9.15. The number of hydrogen-bond donors (Lipinski definition) is 1. The maximum absolute atomic E-state index is 11.7. The average Bonchev–Trinajstić information content (AvgIpc) is 3.10. The van der Waals surface area contributed by atoms with E-state index in [2.05, 4.69) is 5.32 Å². The minimum Gasteiger partial charge on any atom is -0.497 e. The fraction of sp³-hybridized carbons (Fsp3) is 0.529. The van der Waals surface area contributed by atoms with Crippen molar-refractivity contribution in [1.29, 1.82) is 0 Å². The molecule has 1 atom stereocenters. The molecule has 1 aliphatic rings. The highest BCUT2D eigenvalue weighted by atomic mass is 16.5. The number of hydrogen-bond acceptors (Lipinski definition) is 5. The Morgan fingerprint density at radius 3 is 2.74 bits per heavy atom. The maximum atomic E-state index is 11.7. The Hall–Kier alpha value is -2.08. The summed E-state index contributed by atoms with van der Waals surface area (Å²) in [7, 11) is 1.61. The maximum Gasteiger partial charge on any atom is 0.306 e. The third-order valence-electron chi connectivity index (χ3n) is 3.69. The molecule has 1 N–H and O–H groups in total. The number of ether oxygens (including phenoxy) is 3. The standard InChI is InChI=1S/C17H23NO5/c1-21-14-7-4-13(5-8-14)6-9-17(20)23-12-16(19)18-11-15-3-2-10-22-15/h4-5,7-8,15H,2-3,6,9-12H2,1H3,(H,18,19). The van der Waals surface area contributed by atoms with Gasteiger partial charge in [-0.1, -0.05) is 12.1 Å². The fourth-order valence-corrected chi connectivity index (χ4v) is 2.34. The van der Waals surface area contributed by atoms with Gasteiger partial charge in [0.05, 0.1) is 13.2 Å². The van der Waals surface area contributed by atoms with E-state index in [1.54, 1.807) is 7.11 Å². The van der Waals surface area contributed by atoms with Gasteiger partial charge in [0.25, 0.3) is 5.91 Å². The average molecular weight is 321 g/mol. The van der Waals surface area contributed by atoms with Crippen molar-refractivity contribution >= 4 is 11.9 Å². The summed E-state index contributed by atoms with van der Waals surface area (Å²) in [5.74, 6) is 0.102. The summed E-state index contributed by atoms with van der Waals surface area (Å²) in [5.41, 5.74) is 1.02. The van der Waals surface area contributed by atoms with Crippen LogP contribution in [0.5, 0.6) is 5.75 Å². The topological polar surface area (TPSA) is 73.9 Å². The van der Waals surface area contributed by atoms with Crippen LogP contribution in [-0.2, 0) is 25.5 Å². The minimum atomic E-state index is -0.381. The lowest BCUT2D eigenvalue weighted by Crippen LogP contribution is -2.34. The molecule has 1 aromatic carbocycles. The molecule has 1 unspecified atom stereocenters. The van der Waals surface area contributed by atoms with E-state index in [0.717, 1.165) is 30.8 Å². The summed E-state index contributed by atoms with van der Waals surface area (Å²) in [4.78, 5) is 23.2. The predicted octanol–water partition coefficient (Wildman–Crippen LogP) is 1.47. The minimum absolute atomic E-state index is 0.0877. The molecule has 0 aliphatic carbocycles. The van der Waals surface area contributed by atoms with Gasteiger partial charge in [0.1, 0.15) is 5.75 Å². The number of nitrogens with one attached hydrogen (secondary N) is 1. The van der Waals surface area contributed by atoms with Crippen LogP contribution in [0.1, 0.15) is 24.8 Å². The van der Waals surface area contributed by atoms with Gasteiger partial charge in [0, 0.05) is 19.6 Å². The van der Waals surface area contributed by atoms with Gasteiger partial charge < -0.3 is 19.5 Å². The molecule has 126 valence electrons. The van der Waals surface area contributed by atoms with Gasteiger partial charge in [-0.25, -0.2) is 0 Å². The Kier molecular flexibility index (Phi) is 6.87. The molecule has 0 radical (unpaired) electrons. The molecular weight excluding hydrogens is 298 g/mol. The van der Waals surface area contributed by atoms with Crippen molar-refractivity contribution in [2.24, 2.45) is 0 Å². The molecule has 0 spiro atoms. The molecule has 1 amide bonds. The number of carbonyl (C=O) groups excluding carboxylic acids is 2. The number of aryl methyl sites for hydroxylation is 1. The molecule has 1 saturated heterocycles. The summed E-state index contributed by atoms with van der Waals surface area (Å²) in [6.07, 6.45) is 2.89. The van der Waals surface area contributed by atoms with Crippen molar-refractivity contribution in [2.45, 2.75) is 31.8 Å². The number of rotatable bonds is 8. The molecule has 1 aromatic rings. The molecule has 23 heavy (non-hydrogen) atoms.